The number of carbonyl (C=O) groups is 2. The summed E-state index contributed by atoms with van der Waals surface area (Å²) in [6.45, 7) is 1.63. The number of aliphatic carboxylic acids is 1. The molecule has 0 radical (unpaired) electrons. The number of hydrogen-bond acceptors (Lipinski definition) is 7. The minimum Gasteiger partial charge on any atom is -0.478 e. The van der Waals surface area contributed by atoms with Crippen molar-refractivity contribution in [2.45, 2.75) is 19.4 Å². The standard InChI is InChI=1S/C9H11N3O4S/c1-2-7(8(14)15)16-12-5(3-13)6-4-17-9(10)11-6/h3-4,7H,2H2,1H3,(H2,10,11)(H,14,15)/b12-5+. The molecule has 0 amide bonds. The van der Waals surface area contributed by atoms with Crippen LogP contribution in [0.5, 0.6) is 0 Å². The third-order valence-corrected chi connectivity index (χ3v) is 2.49. The number of rotatable bonds is 6. The average Bonchev–Trinajstić information content (AvgIpc) is 2.71. The van der Waals surface area contributed by atoms with Crippen LogP contribution in [0.1, 0.15) is 19.0 Å². The molecule has 0 aromatic carbocycles. The molecule has 7 nitrogen and oxygen atoms in total. The fourth-order valence-electron chi connectivity index (χ4n) is 0.949. The Morgan fingerprint density at radius 3 is 2.94 bits per heavy atom. The Balaban J connectivity index is 2.80. The number of carboxylic acid groups (broad SMARTS) is 1. The van der Waals surface area contributed by atoms with E-state index in [1.807, 2.05) is 0 Å². The summed E-state index contributed by atoms with van der Waals surface area (Å²) in [5, 5.41) is 14.0. The lowest BCUT2D eigenvalue weighted by atomic mass is 10.3. The Kier molecular flexibility index (Phi) is 4.58. The Hall–Kier alpha value is -1.96. The number of nitrogens with zero attached hydrogens (tertiary/aromatic N) is 2. The van der Waals surface area contributed by atoms with Gasteiger partial charge in [0.2, 0.25) is 6.10 Å². The number of aromatic nitrogens is 1. The van der Waals surface area contributed by atoms with Gasteiger partial charge < -0.3 is 15.7 Å². The van der Waals surface area contributed by atoms with Crippen molar-refractivity contribution in [2.75, 3.05) is 5.73 Å². The molecule has 0 aliphatic carbocycles. The molecule has 1 rings (SSSR count). The number of hydrogen-bond donors (Lipinski definition) is 2. The molecule has 1 aromatic heterocycles. The van der Waals surface area contributed by atoms with Gasteiger partial charge in [0, 0.05) is 5.38 Å². The van der Waals surface area contributed by atoms with Crippen molar-refractivity contribution in [3.8, 4) is 0 Å². The quantitative estimate of drug-likeness (QED) is 0.436. The van der Waals surface area contributed by atoms with Crippen LogP contribution in [-0.4, -0.2) is 34.2 Å². The van der Waals surface area contributed by atoms with Crippen LogP contribution in [0.15, 0.2) is 10.5 Å². The van der Waals surface area contributed by atoms with Crippen molar-refractivity contribution in [2.24, 2.45) is 5.16 Å². The van der Waals surface area contributed by atoms with Crippen molar-refractivity contribution in [3.05, 3.63) is 11.1 Å². The molecule has 0 aliphatic rings. The van der Waals surface area contributed by atoms with Crippen LogP contribution in [0, 0.1) is 0 Å². The number of nitrogens with two attached hydrogens (primary N) is 1. The molecule has 0 saturated carbocycles. The Labute approximate surface area is 101 Å². The van der Waals surface area contributed by atoms with E-state index in [-0.39, 0.29) is 17.8 Å². The molecule has 0 aliphatic heterocycles. The maximum absolute atomic E-state index is 10.8. The summed E-state index contributed by atoms with van der Waals surface area (Å²) >= 11 is 1.15. The molecule has 3 N–H and O–H groups in total. The monoisotopic (exact) mass is 257 g/mol. The highest BCUT2D eigenvalue weighted by Gasteiger charge is 2.17. The predicted octanol–water partition coefficient (Wildman–Crippen LogP) is 0.508. The predicted molar refractivity (Wildman–Crippen MR) is 61.9 cm³/mol. The Morgan fingerprint density at radius 1 is 1.82 bits per heavy atom. The maximum atomic E-state index is 10.8. The zero-order valence-electron chi connectivity index (χ0n) is 8.99. The highest BCUT2D eigenvalue weighted by Crippen LogP contribution is 2.12. The summed E-state index contributed by atoms with van der Waals surface area (Å²) in [6.07, 6.45) is -0.409. The molecule has 1 unspecified atom stereocenters. The molecule has 0 bridgehead atoms. The third-order valence-electron chi connectivity index (χ3n) is 1.82. The van der Waals surface area contributed by atoms with Crippen LogP contribution in [0.4, 0.5) is 5.13 Å². The zero-order chi connectivity index (χ0) is 12.8. The molecule has 0 saturated heterocycles. The van der Waals surface area contributed by atoms with Gasteiger partial charge in [0.15, 0.2) is 17.1 Å². The minimum atomic E-state index is -1.14. The number of oxime groups is 1. The molecule has 1 aromatic rings. The highest BCUT2D eigenvalue weighted by molar-refractivity contribution is 7.13. The summed E-state index contributed by atoms with van der Waals surface area (Å²) in [5.41, 5.74) is 5.58. The average molecular weight is 257 g/mol. The summed E-state index contributed by atoms with van der Waals surface area (Å²) in [7, 11) is 0. The molecule has 17 heavy (non-hydrogen) atoms. The Morgan fingerprint density at radius 2 is 2.53 bits per heavy atom. The minimum absolute atomic E-state index is 0.0855. The van der Waals surface area contributed by atoms with Crippen LogP contribution in [0.25, 0.3) is 0 Å². The van der Waals surface area contributed by atoms with Crippen LogP contribution in [-0.2, 0) is 14.4 Å². The van der Waals surface area contributed by atoms with E-state index in [4.69, 9.17) is 15.7 Å². The van der Waals surface area contributed by atoms with Crippen molar-refractivity contribution >= 4 is 34.4 Å². The summed E-state index contributed by atoms with van der Waals surface area (Å²) in [6, 6.07) is 0. The first kappa shape index (κ1) is 13.1. The molecular formula is C9H11N3O4S. The van der Waals surface area contributed by atoms with E-state index in [1.165, 1.54) is 5.38 Å². The van der Waals surface area contributed by atoms with Gasteiger partial charge >= 0.3 is 5.97 Å². The van der Waals surface area contributed by atoms with E-state index in [0.29, 0.717) is 11.4 Å². The normalized spacial score (nSPS) is 13.1. The Bertz CT molecular complexity index is 443. The molecule has 0 fully saturated rings. The van der Waals surface area contributed by atoms with E-state index in [1.54, 1.807) is 6.92 Å². The fraction of sp³-hybridized carbons (Fsp3) is 0.333. The van der Waals surface area contributed by atoms with Gasteiger partial charge in [-0.2, -0.15) is 0 Å². The van der Waals surface area contributed by atoms with Gasteiger partial charge in [-0.05, 0) is 6.42 Å². The van der Waals surface area contributed by atoms with Crippen LogP contribution in [0.3, 0.4) is 0 Å². The van der Waals surface area contributed by atoms with Crippen molar-refractivity contribution < 1.29 is 19.5 Å². The zero-order valence-corrected chi connectivity index (χ0v) is 9.81. The van der Waals surface area contributed by atoms with Crippen molar-refractivity contribution in [1.82, 2.24) is 4.98 Å². The second kappa shape index (κ2) is 5.94. The first-order chi connectivity index (χ1) is 8.08. The number of anilines is 1. The smallest absolute Gasteiger partial charge is 0.347 e. The van der Waals surface area contributed by atoms with Gasteiger partial charge in [-0.15, -0.1) is 11.3 Å². The van der Waals surface area contributed by atoms with Crippen LogP contribution >= 0.6 is 11.3 Å². The number of carbonyl (C=O) groups excluding carboxylic acids is 1. The number of thiazole rings is 1. The topological polar surface area (TPSA) is 115 Å². The summed E-state index contributed by atoms with van der Waals surface area (Å²) in [4.78, 5) is 30.0. The number of aldehydes is 1. The van der Waals surface area contributed by atoms with Gasteiger partial charge in [0.25, 0.3) is 0 Å². The largest absolute Gasteiger partial charge is 0.478 e. The van der Waals surface area contributed by atoms with E-state index < -0.39 is 12.1 Å². The molecule has 8 heteroatoms. The van der Waals surface area contributed by atoms with E-state index in [2.05, 4.69) is 10.1 Å². The molecule has 0 spiro atoms. The van der Waals surface area contributed by atoms with Gasteiger partial charge in [0.1, 0.15) is 5.69 Å². The first-order valence-electron chi connectivity index (χ1n) is 4.71. The lowest BCUT2D eigenvalue weighted by molar-refractivity contribution is -0.150. The fourth-order valence-corrected chi connectivity index (χ4v) is 1.51. The lowest BCUT2D eigenvalue weighted by Gasteiger charge is -2.06. The molecular weight excluding hydrogens is 246 g/mol. The number of nitrogen functional groups attached to an aromatic ring is 1. The van der Waals surface area contributed by atoms with Gasteiger partial charge in [-0.1, -0.05) is 12.1 Å². The maximum Gasteiger partial charge on any atom is 0.347 e. The molecule has 1 atom stereocenters. The summed E-state index contributed by atoms with van der Waals surface area (Å²) < 4.78 is 0. The lowest BCUT2D eigenvalue weighted by Crippen LogP contribution is -2.21. The summed E-state index contributed by atoms with van der Waals surface area (Å²) in [5.74, 6) is -1.14. The van der Waals surface area contributed by atoms with E-state index in [9.17, 15) is 9.59 Å². The van der Waals surface area contributed by atoms with Gasteiger partial charge in [-0.3, -0.25) is 4.79 Å². The third kappa shape index (κ3) is 3.52. The van der Waals surface area contributed by atoms with Crippen molar-refractivity contribution in [3.63, 3.8) is 0 Å². The van der Waals surface area contributed by atoms with E-state index in [0.717, 1.165) is 11.3 Å². The SMILES string of the molecule is CCC(O/N=C(\C=O)c1csc(N)n1)C(=O)O. The van der Waals surface area contributed by atoms with Gasteiger partial charge in [0.05, 0.1) is 0 Å². The van der Waals surface area contributed by atoms with Crippen LogP contribution < -0.4 is 5.73 Å². The molecule has 1 heterocycles. The second-order valence-electron chi connectivity index (χ2n) is 3.01. The molecule has 92 valence electrons. The highest BCUT2D eigenvalue weighted by atomic mass is 32.1. The van der Waals surface area contributed by atoms with Crippen LogP contribution in [0.2, 0.25) is 0 Å². The number of carboxylic acids is 1. The van der Waals surface area contributed by atoms with Gasteiger partial charge in [-0.25, -0.2) is 9.78 Å². The second-order valence-corrected chi connectivity index (χ2v) is 3.90. The van der Waals surface area contributed by atoms with E-state index >= 15 is 0 Å². The van der Waals surface area contributed by atoms with Crippen molar-refractivity contribution in [1.29, 1.82) is 0 Å². The first-order valence-corrected chi connectivity index (χ1v) is 5.59.